The summed E-state index contributed by atoms with van der Waals surface area (Å²) in [6.45, 7) is 1.44. The van der Waals surface area contributed by atoms with E-state index in [0.29, 0.717) is 55.5 Å². The number of methoxy groups -OCH3 is 2. The Labute approximate surface area is 202 Å². The molecule has 2 aromatic rings. The average molecular weight is 468 g/mol. The van der Waals surface area contributed by atoms with Crippen LogP contribution in [0.5, 0.6) is 11.5 Å². The monoisotopic (exact) mass is 467 g/mol. The summed E-state index contributed by atoms with van der Waals surface area (Å²) in [5.74, 6) is 1.71. The smallest absolute Gasteiger partial charge is 0.254 e. The van der Waals surface area contributed by atoms with Crippen LogP contribution < -0.4 is 20.5 Å². The molecule has 34 heavy (non-hydrogen) atoms. The van der Waals surface area contributed by atoms with E-state index >= 15 is 0 Å². The maximum Gasteiger partial charge on any atom is 0.254 e. The van der Waals surface area contributed by atoms with Gasteiger partial charge in [0.05, 0.1) is 14.2 Å². The van der Waals surface area contributed by atoms with Gasteiger partial charge in [0.2, 0.25) is 5.91 Å². The van der Waals surface area contributed by atoms with Gasteiger partial charge in [-0.1, -0.05) is 37.8 Å². The number of carbonyl (C=O) groups excluding carboxylic acids is 2. The van der Waals surface area contributed by atoms with Crippen molar-refractivity contribution in [1.82, 2.24) is 4.90 Å². The largest absolute Gasteiger partial charge is 0.493 e. The van der Waals surface area contributed by atoms with Gasteiger partial charge < -0.3 is 25.4 Å². The average Bonchev–Trinajstić information content (AvgIpc) is 3.38. The Morgan fingerprint density at radius 3 is 2.53 bits per heavy atom. The van der Waals surface area contributed by atoms with Crippen LogP contribution in [0.15, 0.2) is 42.5 Å². The molecule has 7 heteroatoms. The van der Waals surface area contributed by atoms with Crippen molar-refractivity contribution in [2.75, 3.05) is 32.6 Å². The van der Waals surface area contributed by atoms with Crippen molar-refractivity contribution in [1.29, 1.82) is 0 Å². The molecular formula is C27H37N3O4. The molecule has 2 aromatic carbocycles. The number of nitrogens with one attached hydrogen (secondary N) is 1. The highest BCUT2D eigenvalue weighted by Gasteiger charge is 2.19. The second-order valence-electron chi connectivity index (χ2n) is 8.88. The molecule has 0 saturated heterocycles. The van der Waals surface area contributed by atoms with E-state index in [4.69, 9.17) is 15.2 Å². The molecule has 1 fully saturated rings. The number of nitrogens with two attached hydrogens (primary N) is 1. The topological polar surface area (TPSA) is 93.9 Å². The van der Waals surface area contributed by atoms with Gasteiger partial charge in [0.25, 0.3) is 5.91 Å². The van der Waals surface area contributed by atoms with Crippen molar-refractivity contribution in [3.05, 3.63) is 53.6 Å². The van der Waals surface area contributed by atoms with Crippen LogP contribution in [0.25, 0.3) is 0 Å². The molecule has 0 unspecified atom stereocenters. The summed E-state index contributed by atoms with van der Waals surface area (Å²) in [7, 11) is 3.11. The van der Waals surface area contributed by atoms with Gasteiger partial charge >= 0.3 is 0 Å². The maximum atomic E-state index is 13.3. The number of benzene rings is 2. The molecule has 0 radical (unpaired) electrons. The molecular weight excluding hydrogens is 430 g/mol. The zero-order valence-corrected chi connectivity index (χ0v) is 20.3. The minimum absolute atomic E-state index is 0.0467. The fourth-order valence-electron chi connectivity index (χ4n) is 4.51. The van der Waals surface area contributed by atoms with Crippen LogP contribution in [0.1, 0.15) is 60.9 Å². The lowest BCUT2D eigenvalue weighted by molar-refractivity contribution is -0.116. The summed E-state index contributed by atoms with van der Waals surface area (Å²) >= 11 is 0. The molecule has 2 amide bonds. The molecule has 0 aromatic heterocycles. The Balaban J connectivity index is 1.67. The second-order valence-corrected chi connectivity index (χ2v) is 8.88. The molecule has 3 N–H and O–H groups in total. The number of ether oxygens (including phenoxy) is 2. The quantitative estimate of drug-likeness (QED) is 0.476. The van der Waals surface area contributed by atoms with Crippen LogP contribution >= 0.6 is 0 Å². The van der Waals surface area contributed by atoms with Gasteiger partial charge in [-0.15, -0.1) is 0 Å². The van der Waals surface area contributed by atoms with E-state index in [2.05, 4.69) is 5.32 Å². The Morgan fingerprint density at radius 1 is 1.06 bits per heavy atom. The van der Waals surface area contributed by atoms with Gasteiger partial charge in [-0.2, -0.15) is 0 Å². The molecule has 1 saturated carbocycles. The highest BCUT2D eigenvalue weighted by atomic mass is 16.5. The normalized spacial score (nSPS) is 13.5. The zero-order chi connectivity index (χ0) is 24.3. The van der Waals surface area contributed by atoms with E-state index in [1.807, 2.05) is 24.3 Å². The van der Waals surface area contributed by atoms with E-state index in [1.165, 1.54) is 25.7 Å². The number of carbonyl (C=O) groups is 2. The lowest BCUT2D eigenvalue weighted by Crippen LogP contribution is -2.32. The van der Waals surface area contributed by atoms with Crippen LogP contribution in [-0.4, -0.2) is 44.0 Å². The highest BCUT2D eigenvalue weighted by molar-refractivity contribution is 5.95. The second kappa shape index (κ2) is 13.0. The SMILES string of the molecule is COc1ccc(C(=O)N(CCCN)Cc2cccc(NC(=O)CCC3CCCC3)c2)cc1OC. The van der Waals surface area contributed by atoms with E-state index in [-0.39, 0.29) is 11.8 Å². The van der Waals surface area contributed by atoms with Crippen molar-refractivity contribution in [2.45, 2.75) is 51.5 Å². The van der Waals surface area contributed by atoms with E-state index in [1.54, 1.807) is 37.3 Å². The fourth-order valence-corrected chi connectivity index (χ4v) is 4.51. The molecule has 7 nitrogen and oxygen atoms in total. The van der Waals surface area contributed by atoms with Gasteiger partial charge in [-0.25, -0.2) is 0 Å². The van der Waals surface area contributed by atoms with Crippen LogP contribution in [-0.2, 0) is 11.3 Å². The lowest BCUT2D eigenvalue weighted by Gasteiger charge is -2.23. The number of amides is 2. The first kappa shape index (κ1) is 25.6. The van der Waals surface area contributed by atoms with Crippen LogP contribution in [0.3, 0.4) is 0 Å². The third kappa shape index (κ3) is 7.22. The molecule has 1 aliphatic rings. The van der Waals surface area contributed by atoms with Gasteiger partial charge in [-0.05, 0) is 61.2 Å². The van der Waals surface area contributed by atoms with Gasteiger partial charge in [0.1, 0.15) is 0 Å². The van der Waals surface area contributed by atoms with Crippen molar-refractivity contribution in [2.24, 2.45) is 11.7 Å². The summed E-state index contributed by atoms with van der Waals surface area (Å²) in [5.41, 5.74) is 7.94. The zero-order valence-electron chi connectivity index (χ0n) is 20.3. The maximum absolute atomic E-state index is 13.3. The summed E-state index contributed by atoms with van der Waals surface area (Å²) in [6.07, 6.45) is 7.27. The first-order valence-corrected chi connectivity index (χ1v) is 12.1. The minimum Gasteiger partial charge on any atom is -0.493 e. The van der Waals surface area contributed by atoms with Crippen molar-refractivity contribution in [3.8, 4) is 11.5 Å². The Hall–Kier alpha value is -3.06. The third-order valence-electron chi connectivity index (χ3n) is 6.39. The Morgan fingerprint density at radius 2 is 1.82 bits per heavy atom. The Kier molecular flexibility index (Phi) is 9.76. The van der Waals surface area contributed by atoms with Gasteiger partial charge in [0.15, 0.2) is 11.5 Å². The standard InChI is InChI=1S/C27H37N3O4/c1-33-24-13-12-22(18-25(24)34-2)27(32)30(16-6-15-28)19-21-9-5-10-23(17-21)29-26(31)14-11-20-7-3-4-8-20/h5,9-10,12-13,17-18,20H,3-4,6-8,11,14-16,19,28H2,1-2H3,(H,29,31). The molecule has 0 spiro atoms. The predicted octanol–water partition coefficient (Wildman–Crippen LogP) is 4.60. The van der Waals surface area contributed by atoms with E-state index in [9.17, 15) is 9.59 Å². The van der Waals surface area contributed by atoms with Crippen molar-refractivity contribution < 1.29 is 19.1 Å². The molecule has 184 valence electrons. The molecule has 0 aliphatic heterocycles. The van der Waals surface area contributed by atoms with E-state index < -0.39 is 0 Å². The fraction of sp³-hybridized carbons (Fsp3) is 0.481. The number of rotatable bonds is 12. The third-order valence-corrected chi connectivity index (χ3v) is 6.39. The summed E-state index contributed by atoms with van der Waals surface area (Å²) in [4.78, 5) is 27.5. The molecule has 1 aliphatic carbocycles. The van der Waals surface area contributed by atoms with Crippen molar-refractivity contribution >= 4 is 17.5 Å². The highest BCUT2D eigenvalue weighted by Crippen LogP contribution is 2.29. The summed E-state index contributed by atoms with van der Waals surface area (Å²) < 4.78 is 10.6. The van der Waals surface area contributed by atoms with Crippen LogP contribution in [0.4, 0.5) is 5.69 Å². The summed E-state index contributed by atoms with van der Waals surface area (Å²) in [5, 5.41) is 3.02. The van der Waals surface area contributed by atoms with Crippen molar-refractivity contribution in [3.63, 3.8) is 0 Å². The van der Waals surface area contributed by atoms with Gasteiger partial charge in [0, 0.05) is 30.8 Å². The first-order chi connectivity index (χ1) is 16.5. The lowest BCUT2D eigenvalue weighted by atomic mass is 10.0. The number of nitrogens with zero attached hydrogens (tertiary/aromatic N) is 1. The number of anilines is 1. The first-order valence-electron chi connectivity index (χ1n) is 12.1. The number of hydrogen-bond acceptors (Lipinski definition) is 5. The predicted molar refractivity (Wildman–Crippen MR) is 134 cm³/mol. The van der Waals surface area contributed by atoms with E-state index in [0.717, 1.165) is 17.7 Å². The van der Waals surface area contributed by atoms with Crippen LogP contribution in [0, 0.1) is 5.92 Å². The minimum atomic E-state index is -0.111. The molecule has 0 atom stereocenters. The molecule has 0 bridgehead atoms. The molecule has 0 heterocycles. The van der Waals surface area contributed by atoms with Gasteiger partial charge in [-0.3, -0.25) is 9.59 Å². The molecule has 3 rings (SSSR count). The number of hydrogen-bond donors (Lipinski definition) is 2. The Bertz CT molecular complexity index is 957. The summed E-state index contributed by atoms with van der Waals surface area (Å²) in [6, 6.07) is 12.9. The van der Waals surface area contributed by atoms with Crippen LogP contribution in [0.2, 0.25) is 0 Å².